The molecular formula is C23H24BrCl2N7O2S. The molecule has 0 atom stereocenters. The number of anilines is 2. The molecule has 0 aliphatic heterocycles. The number of hydrogen-bond donors (Lipinski definition) is 3. The first-order chi connectivity index (χ1) is 16.5. The Balaban J connectivity index is 0.000000710. The number of fused-ring (bicyclic) bond motifs is 2. The highest BCUT2D eigenvalue weighted by molar-refractivity contribution is 9.10. The van der Waals surface area contributed by atoms with Crippen molar-refractivity contribution in [1.82, 2.24) is 18.9 Å². The van der Waals surface area contributed by atoms with E-state index in [0.29, 0.717) is 13.1 Å². The molecule has 0 aliphatic rings. The summed E-state index contributed by atoms with van der Waals surface area (Å²) < 4.78 is 14.4. The van der Waals surface area contributed by atoms with Gasteiger partial charge in [0.2, 0.25) is 5.91 Å². The fourth-order valence-electron chi connectivity index (χ4n) is 3.32. The third-order valence-corrected chi connectivity index (χ3v) is 6.08. The standard InChI is InChI=1S/C21H17BrN6OS.C2H5NO.2ClH/c22-15-10-13(27-21-20-16(24-12-25-21)6-8-28(20)9-7-23)4-5-18(15)29-17-2-1-3-19-14(17)11-26-30-19;1-2(3)4;;/h1-6,8,10-12H,7,9,23H2,(H,24,25,27);1H3,(H2,3,4);2*1H. The predicted molar refractivity (Wildman–Crippen MR) is 153 cm³/mol. The van der Waals surface area contributed by atoms with Crippen molar-refractivity contribution < 1.29 is 9.53 Å². The molecule has 3 heterocycles. The van der Waals surface area contributed by atoms with Gasteiger partial charge in [0.25, 0.3) is 0 Å². The highest BCUT2D eigenvalue weighted by atomic mass is 79.9. The minimum absolute atomic E-state index is 0. The number of amides is 1. The molecule has 190 valence electrons. The quantitative estimate of drug-likeness (QED) is 0.226. The largest absolute Gasteiger partial charge is 0.455 e. The minimum atomic E-state index is -0.333. The number of ether oxygens (including phenoxy) is 1. The smallest absolute Gasteiger partial charge is 0.214 e. The Labute approximate surface area is 232 Å². The number of nitrogens with two attached hydrogens (primary N) is 2. The fourth-order valence-corrected chi connectivity index (χ4v) is 4.44. The van der Waals surface area contributed by atoms with E-state index >= 15 is 0 Å². The van der Waals surface area contributed by atoms with Crippen molar-refractivity contribution in [3.8, 4) is 11.5 Å². The van der Waals surface area contributed by atoms with E-state index in [4.69, 9.17) is 10.5 Å². The minimum Gasteiger partial charge on any atom is -0.455 e. The van der Waals surface area contributed by atoms with Crippen LogP contribution in [0, 0.1) is 0 Å². The predicted octanol–water partition coefficient (Wildman–Crippen LogP) is 5.63. The van der Waals surface area contributed by atoms with Crippen LogP contribution in [0.4, 0.5) is 11.5 Å². The lowest BCUT2D eigenvalue weighted by Gasteiger charge is -2.13. The lowest BCUT2D eigenvalue weighted by Crippen LogP contribution is -2.10. The van der Waals surface area contributed by atoms with Gasteiger partial charge in [0.1, 0.15) is 23.3 Å². The maximum Gasteiger partial charge on any atom is 0.214 e. The van der Waals surface area contributed by atoms with Gasteiger partial charge in [-0.05, 0) is 63.9 Å². The summed E-state index contributed by atoms with van der Waals surface area (Å²) in [5, 5.41) is 4.38. The van der Waals surface area contributed by atoms with Gasteiger partial charge in [0.05, 0.1) is 26.3 Å². The molecule has 3 aromatic heterocycles. The van der Waals surface area contributed by atoms with Crippen LogP contribution < -0.4 is 21.5 Å². The maximum absolute atomic E-state index is 9.22. The van der Waals surface area contributed by atoms with Gasteiger partial charge in [-0.15, -0.1) is 24.8 Å². The van der Waals surface area contributed by atoms with Crippen LogP contribution in [0.5, 0.6) is 11.5 Å². The lowest BCUT2D eigenvalue weighted by molar-refractivity contribution is -0.115. The maximum atomic E-state index is 9.22. The number of nitrogens with one attached hydrogen (secondary N) is 1. The monoisotopic (exact) mass is 611 g/mol. The topological polar surface area (TPSA) is 134 Å². The lowest BCUT2D eigenvalue weighted by atomic mass is 10.2. The molecule has 0 saturated carbocycles. The van der Waals surface area contributed by atoms with Crippen LogP contribution in [0.3, 0.4) is 0 Å². The van der Waals surface area contributed by atoms with Gasteiger partial charge in [0, 0.05) is 31.9 Å². The van der Waals surface area contributed by atoms with Gasteiger partial charge in [-0.2, -0.15) is 4.37 Å². The number of hydrogen-bond acceptors (Lipinski definition) is 8. The number of rotatable bonds is 6. The van der Waals surface area contributed by atoms with E-state index in [2.05, 4.69) is 45.9 Å². The number of primary amides is 1. The molecule has 0 fully saturated rings. The number of halogens is 3. The van der Waals surface area contributed by atoms with E-state index in [-0.39, 0.29) is 30.7 Å². The first-order valence-electron chi connectivity index (χ1n) is 10.3. The molecule has 2 aromatic carbocycles. The SMILES string of the molecule is CC(N)=O.Cl.Cl.NCCn1ccc2ncnc(Nc3ccc(Oc4cccc5sncc45)c(Br)c3)c21. The van der Waals surface area contributed by atoms with Gasteiger partial charge in [-0.1, -0.05) is 6.07 Å². The Hall–Kier alpha value is -2.96. The van der Waals surface area contributed by atoms with Crippen molar-refractivity contribution in [2.24, 2.45) is 11.5 Å². The molecule has 0 aliphatic carbocycles. The molecule has 13 heteroatoms. The van der Waals surface area contributed by atoms with Crippen molar-refractivity contribution in [3.63, 3.8) is 0 Å². The third kappa shape index (κ3) is 6.83. The summed E-state index contributed by atoms with van der Waals surface area (Å²) in [7, 11) is 0. The van der Waals surface area contributed by atoms with Crippen molar-refractivity contribution >= 4 is 90.8 Å². The van der Waals surface area contributed by atoms with Crippen LogP contribution in [0.1, 0.15) is 6.92 Å². The number of carbonyl (C=O) groups excluding carboxylic acids is 1. The van der Waals surface area contributed by atoms with E-state index in [1.54, 1.807) is 6.33 Å². The normalized spacial score (nSPS) is 10.1. The van der Waals surface area contributed by atoms with Gasteiger partial charge in [-0.3, -0.25) is 4.79 Å². The van der Waals surface area contributed by atoms with Gasteiger partial charge in [-0.25, -0.2) is 9.97 Å². The van der Waals surface area contributed by atoms with Gasteiger partial charge < -0.3 is 26.1 Å². The van der Waals surface area contributed by atoms with Crippen molar-refractivity contribution in [2.45, 2.75) is 13.5 Å². The Morgan fingerprint density at radius 1 is 1.17 bits per heavy atom. The number of carbonyl (C=O) groups is 1. The van der Waals surface area contributed by atoms with E-state index in [1.165, 1.54) is 18.5 Å². The molecule has 5 rings (SSSR count). The number of aromatic nitrogens is 4. The molecule has 0 saturated heterocycles. The van der Waals surface area contributed by atoms with Crippen LogP contribution in [-0.2, 0) is 11.3 Å². The second-order valence-electron chi connectivity index (χ2n) is 7.23. The van der Waals surface area contributed by atoms with Crippen LogP contribution in [-0.4, -0.2) is 31.4 Å². The van der Waals surface area contributed by atoms with E-state index in [9.17, 15) is 4.79 Å². The highest BCUT2D eigenvalue weighted by Crippen LogP contribution is 2.36. The van der Waals surface area contributed by atoms with Gasteiger partial charge in [0.15, 0.2) is 5.82 Å². The van der Waals surface area contributed by atoms with Crippen LogP contribution in [0.15, 0.2) is 65.7 Å². The Morgan fingerprint density at radius 3 is 2.67 bits per heavy atom. The van der Waals surface area contributed by atoms with Crippen LogP contribution >= 0.6 is 52.3 Å². The Morgan fingerprint density at radius 2 is 1.94 bits per heavy atom. The van der Waals surface area contributed by atoms with E-state index in [0.717, 1.165) is 48.6 Å². The number of nitrogens with zero attached hydrogens (tertiary/aromatic N) is 4. The average molecular weight is 613 g/mol. The molecule has 5 N–H and O–H groups in total. The summed E-state index contributed by atoms with van der Waals surface area (Å²) in [6, 6.07) is 13.7. The Bertz CT molecular complexity index is 1460. The van der Waals surface area contributed by atoms with Crippen molar-refractivity contribution in [2.75, 3.05) is 11.9 Å². The summed E-state index contributed by atoms with van der Waals surface area (Å²) in [5.74, 6) is 1.89. The summed E-state index contributed by atoms with van der Waals surface area (Å²) in [6.45, 7) is 2.55. The highest BCUT2D eigenvalue weighted by Gasteiger charge is 2.12. The number of benzene rings is 2. The molecule has 0 spiro atoms. The molecule has 0 unspecified atom stereocenters. The third-order valence-electron chi connectivity index (χ3n) is 4.69. The molecule has 1 amide bonds. The Kier molecular flexibility index (Phi) is 10.9. The average Bonchev–Trinajstić information content (AvgIpc) is 3.44. The second-order valence-corrected chi connectivity index (χ2v) is 8.92. The fraction of sp³-hybridized carbons (Fsp3) is 0.130. The molecule has 9 nitrogen and oxygen atoms in total. The second kappa shape index (κ2) is 13.4. The van der Waals surface area contributed by atoms with Crippen LogP contribution in [0.25, 0.3) is 21.1 Å². The summed E-state index contributed by atoms with van der Waals surface area (Å²) in [4.78, 5) is 18.0. The molecule has 0 bridgehead atoms. The summed E-state index contributed by atoms with van der Waals surface area (Å²) in [6.07, 6.45) is 5.36. The first kappa shape index (κ1) is 29.3. The zero-order chi connectivity index (χ0) is 24.1. The van der Waals surface area contributed by atoms with E-state index < -0.39 is 0 Å². The summed E-state index contributed by atoms with van der Waals surface area (Å²) >= 11 is 5.07. The zero-order valence-corrected chi connectivity index (χ0v) is 23.1. The molecular weight excluding hydrogens is 589 g/mol. The first-order valence-corrected chi connectivity index (χ1v) is 11.9. The van der Waals surface area contributed by atoms with Crippen molar-refractivity contribution in [1.29, 1.82) is 0 Å². The molecule has 0 radical (unpaired) electrons. The van der Waals surface area contributed by atoms with Crippen molar-refractivity contribution in [3.05, 3.63) is 65.7 Å². The summed E-state index contributed by atoms with van der Waals surface area (Å²) in [5.41, 5.74) is 12.9. The molecule has 36 heavy (non-hydrogen) atoms. The zero-order valence-electron chi connectivity index (χ0n) is 19.1. The van der Waals surface area contributed by atoms with Gasteiger partial charge >= 0.3 is 0 Å². The molecule has 5 aromatic rings. The van der Waals surface area contributed by atoms with Crippen LogP contribution in [0.2, 0.25) is 0 Å². The van der Waals surface area contributed by atoms with E-state index in [1.807, 2.05) is 54.9 Å².